The van der Waals surface area contributed by atoms with E-state index in [2.05, 4.69) is 20.7 Å². The van der Waals surface area contributed by atoms with Gasteiger partial charge in [0.05, 0.1) is 5.56 Å². The van der Waals surface area contributed by atoms with E-state index in [9.17, 15) is 18.0 Å². The van der Waals surface area contributed by atoms with E-state index in [4.69, 9.17) is 5.73 Å². The second kappa shape index (κ2) is 6.82. The molecule has 0 aliphatic heterocycles. The molecular weight excluding hydrogens is 349 g/mol. The third-order valence-corrected chi connectivity index (χ3v) is 3.41. The molecule has 3 N–H and O–H groups in total. The van der Waals surface area contributed by atoms with Crippen LogP contribution in [0.15, 0.2) is 48.5 Å². The molecule has 0 bridgehead atoms. The Labute approximate surface area is 145 Å². The number of alkyl halides is 3. The molecule has 3 rings (SSSR count). The maximum absolute atomic E-state index is 12.7. The van der Waals surface area contributed by atoms with Gasteiger partial charge in [0.25, 0.3) is 0 Å². The topological polar surface area (TPSA) is 98.7 Å². The number of nitrogen functional groups attached to an aromatic ring is 1. The smallest absolute Gasteiger partial charge is 0.398 e. The van der Waals surface area contributed by atoms with Crippen molar-refractivity contribution in [3.63, 3.8) is 0 Å². The second-order valence-electron chi connectivity index (χ2n) is 5.36. The van der Waals surface area contributed by atoms with Gasteiger partial charge in [0.2, 0.25) is 11.7 Å². The SMILES string of the molecule is Nc1ccccc1-c1nnn(CC(=O)Nc2cccc(C(F)(F)F)c2)n1. The Kier molecular flexibility index (Phi) is 4.57. The summed E-state index contributed by atoms with van der Waals surface area (Å²) in [7, 11) is 0. The minimum atomic E-state index is -4.49. The van der Waals surface area contributed by atoms with E-state index >= 15 is 0 Å². The maximum atomic E-state index is 12.7. The fourth-order valence-corrected chi connectivity index (χ4v) is 2.22. The number of halogens is 3. The Hall–Kier alpha value is -3.43. The van der Waals surface area contributed by atoms with Crippen molar-refractivity contribution in [2.75, 3.05) is 11.1 Å². The molecule has 0 saturated carbocycles. The van der Waals surface area contributed by atoms with Crippen LogP contribution < -0.4 is 11.1 Å². The molecule has 3 aromatic rings. The number of aromatic nitrogens is 4. The number of para-hydroxylation sites is 1. The molecule has 0 spiro atoms. The maximum Gasteiger partial charge on any atom is 0.416 e. The quantitative estimate of drug-likeness (QED) is 0.695. The van der Waals surface area contributed by atoms with Crippen molar-refractivity contribution >= 4 is 17.3 Å². The Morgan fingerprint density at radius 3 is 2.65 bits per heavy atom. The second-order valence-corrected chi connectivity index (χ2v) is 5.36. The average molecular weight is 362 g/mol. The van der Waals surface area contributed by atoms with E-state index in [0.717, 1.165) is 16.9 Å². The molecule has 0 saturated heterocycles. The molecule has 1 heterocycles. The summed E-state index contributed by atoms with van der Waals surface area (Å²) in [6.07, 6.45) is -4.49. The highest BCUT2D eigenvalue weighted by Gasteiger charge is 2.30. The van der Waals surface area contributed by atoms with Crippen LogP contribution in [0.3, 0.4) is 0 Å². The van der Waals surface area contributed by atoms with Crippen LogP contribution in [-0.2, 0) is 17.5 Å². The van der Waals surface area contributed by atoms with Crippen LogP contribution in [0.4, 0.5) is 24.5 Å². The fraction of sp³-hybridized carbons (Fsp3) is 0.125. The van der Waals surface area contributed by atoms with Gasteiger partial charge < -0.3 is 11.1 Å². The molecule has 0 fully saturated rings. The number of carbonyl (C=O) groups is 1. The molecule has 10 heteroatoms. The van der Waals surface area contributed by atoms with E-state index in [1.807, 2.05) is 0 Å². The van der Waals surface area contributed by atoms with E-state index < -0.39 is 17.6 Å². The van der Waals surface area contributed by atoms with Crippen molar-refractivity contribution < 1.29 is 18.0 Å². The Bertz CT molecular complexity index is 937. The average Bonchev–Trinajstić information content (AvgIpc) is 3.02. The largest absolute Gasteiger partial charge is 0.416 e. The molecule has 0 aliphatic rings. The Balaban J connectivity index is 1.69. The zero-order chi connectivity index (χ0) is 18.7. The number of amides is 1. The fourth-order valence-electron chi connectivity index (χ4n) is 2.22. The third kappa shape index (κ3) is 3.97. The summed E-state index contributed by atoms with van der Waals surface area (Å²) in [5, 5.41) is 14.0. The summed E-state index contributed by atoms with van der Waals surface area (Å²) < 4.78 is 38.1. The monoisotopic (exact) mass is 362 g/mol. The van der Waals surface area contributed by atoms with Crippen molar-refractivity contribution in [2.24, 2.45) is 0 Å². The first kappa shape index (κ1) is 17.4. The molecule has 2 aromatic carbocycles. The van der Waals surface area contributed by atoms with Gasteiger partial charge in [-0.15, -0.1) is 10.2 Å². The van der Waals surface area contributed by atoms with Crippen LogP contribution in [0.25, 0.3) is 11.4 Å². The highest BCUT2D eigenvalue weighted by molar-refractivity contribution is 5.90. The summed E-state index contributed by atoms with van der Waals surface area (Å²) in [6.45, 7) is -0.310. The molecular formula is C16H13F3N6O. The molecule has 0 unspecified atom stereocenters. The van der Waals surface area contributed by atoms with Crippen LogP contribution in [0.5, 0.6) is 0 Å². The number of hydrogen-bond acceptors (Lipinski definition) is 5. The van der Waals surface area contributed by atoms with Gasteiger partial charge in [-0.3, -0.25) is 4.79 Å². The lowest BCUT2D eigenvalue weighted by molar-refractivity contribution is -0.137. The number of rotatable bonds is 4. The van der Waals surface area contributed by atoms with Crippen LogP contribution in [0.2, 0.25) is 0 Å². The number of nitrogens with two attached hydrogens (primary N) is 1. The molecule has 1 aromatic heterocycles. The highest BCUT2D eigenvalue weighted by Crippen LogP contribution is 2.30. The highest BCUT2D eigenvalue weighted by atomic mass is 19.4. The number of tetrazole rings is 1. The van der Waals surface area contributed by atoms with Crippen molar-refractivity contribution in [1.82, 2.24) is 20.2 Å². The van der Waals surface area contributed by atoms with Gasteiger partial charge in [-0.1, -0.05) is 18.2 Å². The van der Waals surface area contributed by atoms with Gasteiger partial charge in [0.15, 0.2) is 0 Å². The number of carbonyl (C=O) groups excluding carboxylic acids is 1. The molecule has 26 heavy (non-hydrogen) atoms. The van der Waals surface area contributed by atoms with E-state index in [0.29, 0.717) is 11.3 Å². The van der Waals surface area contributed by atoms with E-state index in [-0.39, 0.29) is 18.1 Å². The summed E-state index contributed by atoms with van der Waals surface area (Å²) in [6, 6.07) is 11.2. The van der Waals surface area contributed by atoms with E-state index in [1.165, 1.54) is 12.1 Å². The Morgan fingerprint density at radius 2 is 1.92 bits per heavy atom. The third-order valence-electron chi connectivity index (χ3n) is 3.41. The zero-order valence-electron chi connectivity index (χ0n) is 13.2. The van der Waals surface area contributed by atoms with Gasteiger partial charge >= 0.3 is 6.18 Å². The van der Waals surface area contributed by atoms with Crippen LogP contribution in [0, 0.1) is 0 Å². The predicted octanol–water partition coefficient (Wildman–Crippen LogP) is 2.58. The zero-order valence-corrected chi connectivity index (χ0v) is 13.2. The van der Waals surface area contributed by atoms with Gasteiger partial charge in [-0.05, 0) is 35.5 Å². The molecule has 134 valence electrons. The van der Waals surface area contributed by atoms with Gasteiger partial charge in [-0.25, -0.2) is 0 Å². The van der Waals surface area contributed by atoms with Gasteiger partial charge in [0, 0.05) is 16.9 Å². The minimum Gasteiger partial charge on any atom is -0.398 e. The molecule has 0 radical (unpaired) electrons. The molecule has 0 aliphatic carbocycles. The number of anilines is 2. The summed E-state index contributed by atoms with van der Waals surface area (Å²) >= 11 is 0. The summed E-state index contributed by atoms with van der Waals surface area (Å²) in [5.74, 6) is -0.343. The lowest BCUT2D eigenvalue weighted by atomic mass is 10.2. The minimum absolute atomic E-state index is 0.0254. The predicted molar refractivity (Wildman–Crippen MR) is 87.7 cm³/mol. The molecule has 1 amide bonds. The molecule has 7 nitrogen and oxygen atoms in total. The number of benzene rings is 2. The van der Waals surface area contributed by atoms with Crippen molar-refractivity contribution in [3.05, 3.63) is 54.1 Å². The van der Waals surface area contributed by atoms with Gasteiger partial charge in [-0.2, -0.15) is 18.0 Å². The van der Waals surface area contributed by atoms with Crippen LogP contribution in [-0.4, -0.2) is 26.1 Å². The lowest BCUT2D eigenvalue weighted by Gasteiger charge is -2.09. The standard InChI is InChI=1S/C16H13F3N6O/c17-16(18,19)10-4-3-5-11(8-10)21-14(26)9-25-23-15(22-24-25)12-6-1-2-7-13(12)20/h1-8H,9,20H2,(H,21,26). The number of hydrogen-bond donors (Lipinski definition) is 2. The van der Waals surface area contributed by atoms with Crippen molar-refractivity contribution in [1.29, 1.82) is 0 Å². The summed E-state index contributed by atoms with van der Waals surface area (Å²) in [4.78, 5) is 13.0. The van der Waals surface area contributed by atoms with Crippen LogP contribution in [0.1, 0.15) is 5.56 Å². The van der Waals surface area contributed by atoms with Crippen LogP contribution >= 0.6 is 0 Å². The number of nitrogens with one attached hydrogen (secondary N) is 1. The first-order valence-corrected chi connectivity index (χ1v) is 7.43. The normalized spacial score (nSPS) is 11.3. The summed E-state index contributed by atoms with van der Waals surface area (Å²) in [5.41, 5.74) is 6.03. The van der Waals surface area contributed by atoms with Gasteiger partial charge in [0.1, 0.15) is 6.54 Å². The lowest BCUT2D eigenvalue weighted by Crippen LogP contribution is -2.20. The first-order valence-electron chi connectivity index (χ1n) is 7.43. The van der Waals surface area contributed by atoms with Crippen molar-refractivity contribution in [3.8, 4) is 11.4 Å². The Morgan fingerprint density at radius 1 is 1.15 bits per heavy atom. The van der Waals surface area contributed by atoms with E-state index in [1.54, 1.807) is 24.3 Å². The number of nitrogens with zero attached hydrogens (tertiary/aromatic N) is 4. The van der Waals surface area contributed by atoms with Crippen molar-refractivity contribution in [2.45, 2.75) is 12.7 Å². The molecule has 0 atom stereocenters. The first-order chi connectivity index (χ1) is 12.3.